The van der Waals surface area contributed by atoms with E-state index in [0.717, 1.165) is 16.8 Å². The number of nitrogens with one attached hydrogen (secondary N) is 1. The first-order valence-corrected chi connectivity index (χ1v) is 6.39. The van der Waals surface area contributed by atoms with Crippen LogP contribution in [0.15, 0.2) is 48.5 Å². The minimum absolute atomic E-state index is 0.0467. The molecule has 19 heavy (non-hydrogen) atoms. The molecule has 0 aliphatic heterocycles. The van der Waals surface area contributed by atoms with Crippen LogP contribution in [0, 0.1) is 5.82 Å². The summed E-state index contributed by atoms with van der Waals surface area (Å²) in [5.41, 5.74) is 2.57. The van der Waals surface area contributed by atoms with E-state index >= 15 is 0 Å². The fourth-order valence-electron chi connectivity index (χ4n) is 2.04. The molecule has 0 amide bonds. The third kappa shape index (κ3) is 3.80. The normalized spacial score (nSPS) is 12.2. The lowest BCUT2D eigenvalue weighted by molar-refractivity contribution is 0.282. The Morgan fingerprint density at radius 1 is 1.11 bits per heavy atom. The number of aliphatic hydroxyl groups is 1. The molecule has 2 aromatic carbocycles. The summed E-state index contributed by atoms with van der Waals surface area (Å²) in [5.74, 6) is -0.160. The maximum Gasteiger partial charge on any atom is 0.126 e. The highest BCUT2D eigenvalue weighted by Crippen LogP contribution is 2.14. The van der Waals surface area contributed by atoms with Crippen molar-refractivity contribution >= 4 is 5.69 Å². The Labute approximate surface area is 112 Å². The van der Waals surface area contributed by atoms with E-state index in [4.69, 9.17) is 5.11 Å². The zero-order chi connectivity index (χ0) is 13.7. The van der Waals surface area contributed by atoms with Crippen LogP contribution in [0.2, 0.25) is 0 Å². The van der Waals surface area contributed by atoms with E-state index in [2.05, 4.69) is 5.32 Å². The molecule has 2 N–H and O–H groups in total. The second-order valence-corrected chi connectivity index (χ2v) is 4.70. The highest BCUT2D eigenvalue weighted by molar-refractivity contribution is 5.45. The zero-order valence-corrected chi connectivity index (χ0v) is 10.9. The number of hydrogen-bond acceptors (Lipinski definition) is 2. The number of halogens is 1. The predicted molar refractivity (Wildman–Crippen MR) is 75.6 cm³/mol. The monoisotopic (exact) mass is 259 g/mol. The van der Waals surface area contributed by atoms with Crippen molar-refractivity contribution in [2.45, 2.75) is 26.0 Å². The first kappa shape index (κ1) is 13.6. The van der Waals surface area contributed by atoms with Crippen LogP contribution in [0.3, 0.4) is 0 Å². The van der Waals surface area contributed by atoms with Gasteiger partial charge in [-0.2, -0.15) is 0 Å². The number of hydrogen-bond donors (Lipinski definition) is 2. The van der Waals surface area contributed by atoms with Crippen LogP contribution < -0.4 is 5.32 Å². The van der Waals surface area contributed by atoms with Gasteiger partial charge in [-0.05, 0) is 42.7 Å². The molecule has 0 saturated carbocycles. The first-order valence-electron chi connectivity index (χ1n) is 6.39. The van der Waals surface area contributed by atoms with E-state index < -0.39 is 0 Å². The molecule has 0 aromatic heterocycles. The van der Waals surface area contributed by atoms with Gasteiger partial charge in [0.2, 0.25) is 0 Å². The second-order valence-electron chi connectivity index (χ2n) is 4.70. The van der Waals surface area contributed by atoms with Crippen molar-refractivity contribution in [1.29, 1.82) is 0 Å². The summed E-state index contributed by atoms with van der Waals surface area (Å²) in [5, 5.41) is 12.3. The van der Waals surface area contributed by atoms with Gasteiger partial charge in [-0.1, -0.05) is 30.3 Å². The molecule has 1 unspecified atom stereocenters. The zero-order valence-electron chi connectivity index (χ0n) is 10.9. The Kier molecular flexibility index (Phi) is 4.53. The summed E-state index contributed by atoms with van der Waals surface area (Å²) in [6, 6.07) is 14.6. The fourth-order valence-corrected chi connectivity index (χ4v) is 2.04. The van der Waals surface area contributed by atoms with Crippen molar-refractivity contribution in [3.8, 4) is 0 Å². The predicted octanol–water partition coefficient (Wildman–Crippen LogP) is 3.36. The molecule has 0 aliphatic rings. The van der Waals surface area contributed by atoms with Crippen LogP contribution in [-0.4, -0.2) is 11.1 Å². The van der Waals surface area contributed by atoms with E-state index in [1.54, 1.807) is 6.07 Å². The summed E-state index contributed by atoms with van der Waals surface area (Å²) in [4.78, 5) is 0. The fraction of sp³-hybridized carbons (Fsp3) is 0.250. The molecule has 2 aromatic rings. The SMILES string of the molecule is CC(Cc1ccccc1F)Nc1ccc(CO)cc1. The van der Waals surface area contributed by atoms with Gasteiger partial charge in [0.25, 0.3) is 0 Å². The number of aliphatic hydroxyl groups excluding tert-OH is 1. The molecule has 0 spiro atoms. The minimum atomic E-state index is -0.160. The summed E-state index contributed by atoms with van der Waals surface area (Å²) >= 11 is 0. The molecule has 3 heteroatoms. The van der Waals surface area contributed by atoms with Crippen LogP contribution in [0.5, 0.6) is 0 Å². The highest BCUT2D eigenvalue weighted by atomic mass is 19.1. The summed E-state index contributed by atoms with van der Waals surface area (Å²) in [6.45, 7) is 2.07. The van der Waals surface area contributed by atoms with Crippen molar-refractivity contribution < 1.29 is 9.50 Å². The second kappa shape index (κ2) is 6.34. The molecule has 0 heterocycles. The lowest BCUT2D eigenvalue weighted by Crippen LogP contribution is -2.18. The van der Waals surface area contributed by atoms with Crippen molar-refractivity contribution in [1.82, 2.24) is 0 Å². The lowest BCUT2D eigenvalue weighted by Gasteiger charge is -2.16. The van der Waals surface area contributed by atoms with Crippen LogP contribution in [-0.2, 0) is 13.0 Å². The topological polar surface area (TPSA) is 32.3 Å². The first-order chi connectivity index (χ1) is 9.19. The minimum Gasteiger partial charge on any atom is -0.392 e. The van der Waals surface area contributed by atoms with Crippen molar-refractivity contribution in [3.63, 3.8) is 0 Å². The summed E-state index contributed by atoms with van der Waals surface area (Å²) in [7, 11) is 0. The molecule has 100 valence electrons. The smallest absolute Gasteiger partial charge is 0.126 e. The van der Waals surface area contributed by atoms with Crippen LogP contribution in [0.1, 0.15) is 18.1 Å². The number of anilines is 1. The Bertz CT molecular complexity index is 525. The Balaban J connectivity index is 1.97. The molecular weight excluding hydrogens is 241 g/mol. The van der Waals surface area contributed by atoms with Crippen LogP contribution in [0.4, 0.5) is 10.1 Å². The molecule has 0 aliphatic carbocycles. The molecule has 0 saturated heterocycles. The van der Waals surface area contributed by atoms with Gasteiger partial charge >= 0.3 is 0 Å². The highest BCUT2D eigenvalue weighted by Gasteiger charge is 2.07. The van der Waals surface area contributed by atoms with Gasteiger partial charge in [0, 0.05) is 11.7 Å². The van der Waals surface area contributed by atoms with Crippen molar-refractivity contribution in [3.05, 3.63) is 65.5 Å². The Hall–Kier alpha value is -1.87. The number of benzene rings is 2. The van der Waals surface area contributed by atoms with E-state index in [1.165, 1.54) is 6.07 Å². The molecule has 0 radical (unpaired) electrons. The van der Waals surface area contributed by atoms with E-state index in [-0.39, 0.29) is 18.5 Å². The standard InChI is InChI=1S/C16H18FNO/c1-12(10-14-4-2-3-5-16(14)17)18-15-8-6-13(11-19)7-9-15/h2-9,12,18-19H,10-11H2,1H3. The van der Waals surface area contributed by atoms with Crippen LogP contribution in [0.25, 0.3) is 0 Å². The van der Waals surface area contributed by atoms with Gasteiger partial charge in [-0.25, -0.2) is 4.39 Å². The molecule has 2 rings (SSSR count). The van der Waals surface area contributed by atoms with Crippen molar-refractivity contribution in [2.24, 2.45) is 0 Å². The maximum atomic E-state index is 13.5. The molecular formula is C16H18FNO. The quantitative estimate of drug-likeness (QED) is 0.863. The summed E-state index contributed by atoms with van der Waals surface area (Å²) in [6.07, 6.45) is 0.633. The van der Waals surface area contributed by atoms with Gasteiger partial charge in [0.1, 0.15) is 5.82 Å². The van der Waals surface area contributed by atoms with Gasteiger partial charge < -0.3 is 10.4 Å². The van der Waals surface area contributed by atoms with E-state index in [0.29, 0.717) is 6.42 Å². The lowest BCUT2D eigenvalue weighted by atomic mass is 10.1. The van der Waals surface area contributed by atoms with E-state index in [1.807, 2.05) is 43.3 Å². The van der Waals surface area contributed by atoms with Gasteiger partial charge in [-0.15, -0.1) is 0 Å². The largest absolute Gasteiger partial charge is 0.392 e. The van der Waals surface area contributed by atoms with Gasteiger partial charge in [0.05, 0.1) is 6.61 Å². The third-order valence-electron chi connectivity index (χ3n) is 3.03. The maximum absolute atomic E-state index is 13.5. The number of rotatable bonds is 5. The molecule has 2 nitrogen and oxygen atoms in total. The van der Waals surface area contributed by atoms with E-state index in [9.17, 15) is 4.39 Å². The molecule has 1 atom stereocenters. The van der Waals surface area contributed by atoms with Gasteiger partial charge in [0.15, 0.2) is 0 Å². The van der Waals surface area contributed by atoms with Gasteiger partial charge in [-0.3, -0.25) is 0 Å². The Morgan fingerprint density at radius 2 is 1.79 bits per heavy atom. The molecule has 0 fully saturated rings. The van der Waals surface area contributed by atoms with Crippen molar-refractivity contribution in [2.75, 3.05) is 5.32 Å². The average molecular weight is 259 g/mol. The van der Waals surface area contributed by atoms with Crippen LogP contribution >= 0.6 is 0 Å². The Morgan fingerprint density at radius 3 is 2.42 bits per heavy atom. The third-order valence-corrected chi connectivity index (χ3v) is 3.03. The molecule has 0 bridgehead atoms. The summed E-state index contributed by atoms with van der Waals surface area (Å²) < 4.78 is 13.5. The average Bonchev–Trinajstić information content (AvgIpc) is 2.42.